The highest BCUT2D eigenvalue weighted by Gasteiger charge is 2.29. The lowest BCUT2D eigenvalue weighted by molar-refractivity contribution is -0.142. The highest BCUT2D eigenvalue weighted by molar-refractivity contribution is 5.93. The molecule has 1 aromatic carbocycles. The summed E-state index contributed by atoms with van der Waals surface area (Å²) >= 11 is 0. The zero-order valence-corrected chi connectivity index (χ0v) is 19.1. The first-order chi connectivity index (χ1) is 16.5. The van der Waals surface area contributed by atoms with E-state index >= 15 is 0 Å². The van der Waals surface area contributed by atoms with Crippen LogP contribution in [0.25, 0.3) is 0 Å². The molecule has 0 aliphatic rings. The molecule has 0 spiro atoms. The molecular formula is C21H30N6O8. The molecule has 0 fully saturated rings. The first kappa shape index (κ1) is 29.0. The standard InChI is InChI=1S/C21H30N6O8/c1-12(28)19(20(33)26-14(21(34)35)7-13-5-3-2-4-6-13)27-18(32)11-25-17(31)10-24-16(30)9-23-15(29)8-22/h2-6,12,14,19,28H,7-11,22H2,1H3,(H,23,29)(H,24,30)(H,25,31)(H,26,33)(H,27,32)(H,34,35)/t12-,14+,19+/m1/s1. The third-order valence-corrected chi connectivity index (χ3v) is 4.50. The summed E-state index contributed by atoms with van der Waals surface area (Å²) in [5.74, 6) is -4.99. The van der Waals surface area contributed by atoms with Crippen molar-refractivity contribution in [2.24, 2.45) is 5.73 Å². The average Bonchev–Trinajstić information content (AvgIpc) is 2.82. The van der Waals surface area contributed by atoms with Crippen LogP contribution in [-0.4, -0.2) is 90.1 Å². The Bertz CT molecular complexity index is 908. The quantitative estimate of drug-likeness (QED) is 0.126. The van der Waals surface area contributed by atoms with E-state index in [2.05, 4.69) is 26.6 Å². The number of aliphatic hydroxyl groups is 1. The molecule has 0 unspecified atom stereocenters. The first-order valence-corrected chi connectivity index (χ1v) is 10.6. The topological polar surface area (TPSA) is 229 Å². The summed E-state index contributed by atoms with van der Waals surface area (Å²) in [7, 11) is 0. The van der Waals surface area contributed by atoms with Gasteiger partial charge in [-0.1, -0.05) is 30.3 Å². The maximum Gasteiger partial charge on any atom is 0.326 e. The van der Waals surface area contributed by atoms with Gasteiger partial charge in [0, 0.05) is 6.42 Å². The molecule has 0 aliphatic carbocycles. The van der Waals surface area contributed by atoms with Gasteiger partial charge in [0.25, 0.3) is 0 Å². The van der Waals surface area contributed by atoms with Gasteiger partial charge < -0.3 is 42.5 Å². The number of carbonyl (C=O) groups excluding carboxylic acids is 5. The van der Waals surface area contributed by atoms with Crippen LogP contribution in [0.15, 0.2) is 30.3 Å². The number of carbonyl (C=O) groups is 6. The van der Waals surface area contributed by atoms with Crippen LogP contribution in [0, 0.1) is 0 Å². The van der Waals surface area contributed by atoms with Crippen molar-refractivity contribution in [3.05, 3.63) is 35.9 Å². The molecule has 0 saturated carbocycles. The second kappa shape index (κ2) is 15.0. The van der Waals surface area contributed by atoms with Gasteiger partial charge in [0.05, 0.1) is 32.3 Å². The summed E-state index contributed by atoms with van der Waals surface area (Å²) in [6.07, 6.45) is -1.39. The van der Waals surface area contributed by atoms with Gasteiger partial charge >= 0.3 is 5.97 Å². The number of nitrogens with two attached hydrogens (primary N) is 1. The smallest absolute Gasteiger partial charge is 0.326 e. The van der Waals surface area contributed by atoms with E-state index in [-0.39, 0.29) is 19.5 Å². The molecule has 14 nitrogen and oxygen atoms in total. The van der Waals surface area contributed by atoms with Gasteiger partial charge in [0.15, 0.2) is 0 Å². The zero-order valence-electron chi connectivity index (χ0n) is 19.1. The Morgan fingerprint density at radius 1 is 0.829 bits per heavy atom. The molecule has 35 heavy (non-hydrogen) atoms. The number of carboxylic acids is 1. The lowest BCUT2D eigenvalue weighted by Crippen LogP contribution is -2.57. The van der Waals surface area contributed by atoms with Gasteiger partial charge in [-0.15, -0.1) is 0 Å². The number of benzene rings is 1. The Kier molecular flexibility index (Phi) is 12.4. The van der Waals surface area contributed by atoms with Crippen LogP contribution in [-0.2, 0) is 35.2 Å². The lowest BCUT2D eigenvalue weighted by Gasteiger charge is -2.23. The SMILES string of the molecule is C[C@@H](O)[C@H](NC(=O)CNC(=O)CNC(=O)CNC(=O)CN)C(=O)N[C@@H](Cc1ccccc1)C(=O)O. The number of hydrogen-bond donors (Lipinski definition) is 8. The Morgan fingerprint density at radius 3 is 1.83 bits per heavy atom. The molecular weight excluding hydrogens is 464 g/mol. The molecule has 1 rings (SSSR count). The Balaban J connectivity index is 2.53. The Morgan fingerprint density at radius 2 is 1.34 bits per heavy atom. The van der Waals surface area contributed by atoms with Crippen molar-refractivity contribution in [1.29, 1.82) is 0 Å². The van der Waals surface area contributed by atoms with Crippen molar-refractivity contribution in [2.45, 2.75) is 31.5 Å². The predicted molar refractivity (Wildman–Crippen MR) is 121 cm³/mol. The third kappa shape index (κ3) is 11.6. The minimum atomic E-state index is -1.48. The van der Waals surface area contributed by atoms with Gasteiger partial charge in [0.1, 0.15) is 12.1 Å². The van der Waals surface area contributed by atoms with E-state index in [0.717, 1.165) is 0 Å². The average molecular weight is 495 g/mol. The van der Waals surface area contributed by atoms with Gasteiger partial charge in [-0.25, -0.2) is 4.79 Å². The van der Waals surface area contributed by atoms with Crippen molar-refractivity contribution in [2.75, 3.05) is 26.2 Å². The fraction of sp³-hybridized carbons (Fsp3) is 0.429. The van der Waals surface area contributed by atoms with Crippen molar-refractivity contribution in [3.63, 3.8) is 0 Å². The minimum Gasteiger partial charge on any atom is -0.480 e. The van der Waals surface area contributed by atoms with E-state index in [1.54, 1.807) is 30.3 Å². The molecule has 0 saturated heterocycles. The summed E-state index contributed by atoms with van der Waals surface area (Å²) in [4.78, 5) is 70.5. The van der Waals surface area contributed by atoms with Crippen molar-refractivity contribution >= 4 is 35.5 Å². The van der Waals surface area contributed by atoms with E-state index in [4.69, 9.17) is 5.73 Å². The minimum absolute atomic E-state index is 0.0138. The zero-order chi connectivity index (χ0) is 26.4. The second-order valence-corrected chi connectivity index (χ2v) is 7.41. The molecule has 9 N–H and O–H groups in total. The van der Waals surface area contributed by atoms with Crippen LogP contribution in [0.1, 0.15) is 12.5 Å². The van der Waals surface area contributed by atoms with Crippen molar-refractivity contribution in [1.82, 2.24) is 26.6 Å². The molecule has 5 amide bonds. The number of rotatable bonds is 14. The van der Waals surface area contributed by atoms with E-state index in [9.17, 15) is 39.0 Å². The van der Waals surface area contributed by atoms with Crippen LogP contribution < -0.4 is 32.3 Å². The number of carboxylic acid groups (broad SMARTS) is 1. The molecule has 14 heteroatoms. The molecule has 3 atom stereocenters. The summed E-state index contributed by atoms with van der Waals surface area (Å²) < 4.78 is 0. The summed E-state index contributed by atoms with van der Waals surface area (Å²) in [6, 6.07) is 5.79. The van der Waals surface area contributed by atoms with E-state index in [1.807, 2.05) is 0 Å². The largest absolute Gasteiger partial charge is 0.480 e. The van der Waals surface area contributed by atoms with Crippen LogP contribution in [0.5, 0.6) is 0 Å². The van der Waals surface area contributed by atoms with Crippen LogP contribution in [0.3, 0.4) is 0 Å². The molecule has 1 aromatic rings. The Labute approximate surface area is 201 Å². The maximum absolute atomic E-state index is 12.6. The number of amides is 5. The Hall–Kier alpha value is -4.04. The van der Waals surface area contributed by atoms with Crippen molar-refractivity contribution < 1.29 is 39.0 Å². The summed E-state index contributed by atoms with van der Waals surface area (Å²) in [6.45, 7) is -0.504. The maximum atomic E-state index is 12.6. The second-order valence-electron chi connectivity index (χ2n) is 7.41. The highest BCUT2D eigenvalue weighted by atomic mass is 16.4. The normalized spacial score (nSPS) is 12.9. The van der Waals surface area contributed by atoms with Crippen molar-refractivity contribution in [3.8, 4) is 0 Å². The highest BCUT2D eigenvalue weighted by Crippen LogP contribution is 2.04. The third-order valence-electron chi connectivity index (χ3n) is 4.50. The molecule has 0 aliphatic heterocycles. The molecule has 0 radical (unpaired) electrons. The van der Waals surface area contributed by atoms with Crippen LogP contribution in [0.4, 0.5) is 0 Å². The summed E-state index contributed by atoms with van der Waals surface area (Å²) in [5.41, 5.74) is 5.74. The van der Waals surface area contributed by atoms with Gasteiger partial charge in [0.2, 0.25) is 29.5 Å². The molecule has 0 aromatic heterocycles. The molecule has 0 bridgehead atoms. The van der Waals surface area contributed by atoms with Crippen LogP contribution >= 0.6 is 0 Å². The first-order valence-electron chi connectivity index (χ1n) is 10.6. The van der Waals surface area contributed by atoms with E-state index in [0.29, 0.717) is 5.56 Å². The summed E-state index contributed by atoms with van der Waals surface area (Å²) in [5, 5.41) is 30.5. The monoisotopic (exact) mass is 494 g/mol. The fourth-order valence-corrected chi connectivity index (χ4v) is 2.67. The van der Waals surface area contributed by atoms with Gasteiger partial charge in [-0.3, -0.25) is 24.0 Å². The van der Waals surface area contributed by atoms with E-state index < -0.39 is 66.8 Å². The predicted octanol–water partition coefficient (Wildman–Crippen LogP) is -4.03. The number of aliphatic hydroxyl groups excluding tert-OH is 1. The number of nitrogens with one attached hydrogen (secondary N) is 5. The van der Waals surface area contributed by atoms with Gasteiger partial charge in [-0.2, -0.15) is 0 Å². The number of hydrogen-bond acceptors (Lipinski definition) is 8. The molecule has 192 valence electrons. The number of aliphatic carboxylic acids is 1. The van der Waals surface area contributed by atoms with Gasteiger partial charge in [-0.05, 0) is 12.5 Å². The molecule has 0 heterocycles. The van der Waals surface area contributed by atoms with E-state index in [1.165, 1.54) is 6.92 Å². The fourth-order valence-electron chi connectivity index (χ4n) is 2.67. The lowest BCUT2D eigenvalue weighted by atomic mass is 10.0. The van der Waals surface area contributed by atoms with Crippen LogP contribution in [0.2, 0.25) is 0 Å².